The van der Waals surface area contributed by atoms with Crippen LogP contribution in [0.4, 0.5) is 5.69 Å². The average Bonchev–Trinajstić information content (AvgIpc) is 2.61. The van der Waals surface area contributed by atoms with E-state index in [1.165, 1.54) is 0 Å². The minimum atomic E-state index is -0.494. The van der Waals surface area contributed by atoms with Gasteiger partial charge in [0.15, 0.2) is 6.61 Å². The highest BCUT2D eigenvalue weighted by Gasteiger charge is 2.13. The van der Waals surface area contributed by atoms with Gasteiger partial charge >= 0.3 is 5.97 Å². The number of hydrogen-bond acceptors (Lipinski definition) is 3. The minimum absolute atomic E-state index is 0.303. The van der Waals surface area contributed by atoms with Gasteiger partial charge in [-0.2, -0.15) is 0 Å². The maximum absolute atomic E-state index is 12.1. The number of carbonyl (C=O) groups excluding carboxylic acids is 2. The Morgan fingerprint density at radius 3 is 2.36 bits per heavy atom. The van der Waals surface area contributed by atoms with Crippen LogP contribution in [0.15, 0.2) is 42.5 Å². The summed E-state index contributed by atoms with van der Waals surface area (Å²) in [5.74, 6) is -0.431. The van der Waals surface area contributed by atoms with Crippen LogP contribution < -0.4 is 5.32 Å². The van der Waals surface area contributed by atoms with Gasteiger partial charge in [-0.05, 0) is 48.1 Å². The number of esters is 1. The fraction of sp³-hybridized carbons (Fsp3) is 0.333. The Morgan fingerprint density at radius 2 is 1.76 bits per heavy atom. The summed E-state index contributed by atoms with van der Waals surface area (Å²) >= 11 is 0. The van der Waals surface area contributed by atoms with Crippen LogP contribution in [0.5, 0.6) is 0 Å². The SMILES string of the molecule is CCc1cccc(C)c1NC(=O)COC(=O)c1ccc(C(C)C)cc1. The van der Waals surface area contributed by atoms with Gasteiger partial charge in [0, 0.05) is 5.69 Å². The van der Waals surface area contributed by atoms with Gasteiger partial charge < -0.3 is 10.1 Å². The van der Waals surface area contributed by atoms with Gasteiger partial charge in [-0.3, -0.25) is 4.79 Å². The predicted octanol–water partition coefficient (Wildman–Crippen LogP) is 4.48. The largest absolute Gasteiger partial charge is 0.452 e. The number of carbonyl (C=O) groups is 2. The van der Waals surface area contributed by atoms with Crippen molar-refractivity contribution in [2.45, 2.75) is 40.0 Å². The topological polar surface area (TPSA) is 55.4 Å². The number of anilines is 1. The van der Waals surface area contributed by atoms with E-state index in [4.69, 9.17) is 4.74 Å². The molecule has 0 unspecified atom stereocenters. The van der Waals surface area contributed by atoms with E-state index in [0.717, 1.165) is 28.8 Å². The van der Waals surface area contributed by atoms with E-state index in [1.54, 1.807) is 12.1 Å². The molecule has 0 aliphatic rings. The van der Waals surface area contributed by atoms with Crippen molar-refractivity contribution in [3.05, 3.63) is 64.7 Å². The zero-order valence-corrected chi connectivity index (χ0v) is 15.3. The maximum atomic E-state index is 12.1. The fourth-order valence-electron chi connectivity index (χ4n) is 2.60. The summed E-state index contributed by atoms with van der Waals surface area (Å²) in [6.07, 6.45) is 0.819. The maximum Gasteiger partial charge on any atom is 0.338 e. The van der Waals surface area contributed by atoms with Gasteiger partial charge in [-0.15, -0.1) is 0 Å². The number of nitrogens with one attached hydrogen (secondary N) is 1. The second-order valence-electron chi connectivity index (χ2n) is 6.36. The zero-order chi connectivity index (χ0) is 18.4. The van der Waals surface area contributed by atoms with Gasteiger partial charge in [0.2, 0.25) is 0 Å². The molecule has 0 radical (unpaired) electrons. The number of ether oxygens (including phenoxy) is 1. The van der Waals surface area contributed by atoms with E-state index < -0.39 is 5.97 Å². The van der Waals surface area contributed by atoms with Crippen LogP contribution in [-0.4, -0.2) is 18.5 Å². The second kappa shape index (κ2) is 8.47. The number of hydrogen-bond donors (Lipinski definition) is 1. The average molecular weight is 339 g/mol. The quantitative estimate of drug-likeness (QED) is 0.790. The molecule has 4 nitrogen and oxygen atoms in total. The Kier molecular flexibility index (Phi) is 6.34. The number of aryl methyl sites for hydroxylation is 2. The molecule has 2 rings (SSSR count). The third-order valence-electron chi connectivity index (χ3n) is 4.15. The van der Waals surface area contributed by atoms with Crippen molar-refractivity contribution < 1.29 is 14.3 Å². The van der Waals surface area contributed by atoms with Crippen LogP contribution in [-0.2, 0) is 16.0 Å². The highest BCUT2D eigenvalue weighted by molar-refractivity contribution is 5.96. The summed E-state index contributed by atoms with van der Waals surface area (Å²) in [6.45, 7) is 7.85. The Morgan fingerprint density at radius 1 is 1.08 bits per heavy atom. The first-order valence-electron chi connectivity index (χ1n) is 8.57. The first kappa shape index (κ1) is 18.7. The summed E-state index contributed by atoms with van der Waals surface area (Å²) in [5.41, 5.74) is 4.45. The van der Waals surface area contributed by atoms with Crippen LogP contribution in [0.3, 0.4) is 0 Å². The van der Waals surface area contributed by atoms with Crippen LogP contribution in [0.1, 0.15) is 53.7 Å². The van der Waals surface area contributed by atoms with Gasteiger partial charge in [0.25, 0.3) is 5.91 Å². The molecular formula is C21H25NO3. The van der Waals surface area contributed by atoms with Crippen LogP contribution in [0.2, 0.25) is 0 Å². The molecule has 0 atom stereocenters. The zero-order valence-electron chi connectivity index (χ0n) is 15.3. The first-order valence-corrected chi connectivity index (χ1v) is 8.57. The molecule has 2 aromatic rings. The monoisotopic (exact) mass is 339 g/mol. The van der Waals surface area contributed by atoms with E-state index in [0.29, 0.717) is 11.5 Å². The highest BCUT2D eigenvalue weighted by Crippen LogP contribution is 2.21. The Hall–Kier alpha value is -2.62. The minimum Gasteiger partial charge on any atom is -0.452 e. The molecule has 0 heterocycles. The van der Waals surface area contributed by atoms with E-state index in [2.05, 4.69) is 19.2 Å². The van der Waals surface area contributed by atoms with Crippen molar-refractivity contribution in [2.75, 3.05) is 11.9 Å². The summed E-state index contributed by atoms with van der Waals surface area (Å²) in [5, 5.41) is 2.84. The number of benzene rings is 2. The molecule has 0 saturated heterocycles. The Labute approximate surface area is 149 Å². The Bertz CT molecular complexity index is 748. The molecule has 25 heavy (non-hydrogen) atoms. The third kappa shape index (κ3) is 4.92. The lowest BCUT2D eigenvalue weighted by atomic mass is 10.0. The number of rotatable bonds is 6. The van der Waals surface area contributed by atoms with Gasteiger partial charge in [0.05, 0.1) is 5.56 Å². The highest BCUT2D eigenvalue weighted by atomic mass is 16.5. The molecular weight excluding hydrogens is 314 g/mol. The molecule has 4 heteroatoms. The molecule has 0 saturated carbocycles. The standard InChI is InChI=1S/C21H25NO3/c1-5-16-8-6-7-15(4)20(16)22-19(23)13-25-21(24)18-11-9-17(10-12-18)14(2)3/h6-12,14H,5,13H2,1-4H3,(H,22,23). The van der Waals surface area contributed by atoms with Crippen molar-refractivity contribution in [3.63, 3.8) is 0 Å². The van der Waals surface area contributed by atoms with E-state index >= 15 is 0 Å². The van der Waals surface area contributed by atoms with Crippen molar-refractivity contribution in [1.29, 1.82) is 0 Å². The van der Waals surface area contributed by atoms with Gasteiger partial charge in [-0.1, -0.05) is 51.1 Å². The molecule has 1 N–H and O–H groups in total. The molecule has 0 aliphatic heterocycles. The molecule has 0 spiro atoms. The summed E-state index contributed by atoms with van der Waals surface area (Å²) in [6, 6.07) is 13.1. The first-order chi connectivity index (χ1) is 11.9. The molecule has 0 aliphatic carbocycles. The fourth-order valence-corrected chi connectivity index (χ4v) is 2.60. The molecule has 2 aromatic carbocycles. The lowest BCUT2D eigenvalue weighted by molar-refractivity contribution is -0.119. The second-order valence-corrected chi connectivity index (χ2v) is 6.36. The van der Waals surface area contributed by atoms with Gasteiger partial charge in [0.1, 0.15) is 0 Å². The van der Waals surface area contributed by atoms with Crippen LogP contribution in [0.25, 0.3) is 0 Å². The van der Waals surface area contributed by atoms with Crippen molar-refractivity contribution >= 4 is 17.6 Å². The molecule has 0 aromatic heterocycles. The van der Waals surface area contributed by atoms with Crippen molar-refractivity contribution in [3.8, 4) is 0 Å². The molecule has 1 amide bonds. The van der Waals surface area contributed by atoms with Gasteiger partial charge in [-0.25, -0.2) is 4.79 Å². The summed E-state index contributed by atoms with van der Waals surface area (Å²) in [7, 11) is 0. The third-order valence-corrected chi connectivity index (χ3v) is 4.15. The van der Waals surface area contributed by atoms with Crippen molar-refractivity contribution in [1.82, 2.24) is 0 Å². The Balaban J connectivity index is 1.95. The molecule has 132 valence electrons. The lowest BCUT2D eigenvalue weighted by Crippen LogP contribution is -2.22. The number of para-hydroxylation sites is 1. The van der Waals surface area contributed by atoms with E-state index in [1.807, 2.05) is 44.2 Å². The van der Waals surface area contributed by atoms with Crippen molar-refractivity contribution in [2.24, 2.45) is 0 Å². The molecule has 0 bridgehead atoms. The lowest BCUT2D eigenvalue weighted by Gasteiger charge is -2.13. The van der Waals surface area contributed by atoms with Crippen LogP contribution in [0, 0.1) is 6.92 Å². The van der Waals surface area contributed by atoms with E-state index in [9.17, 15) is 9.59 Å². The summed E-state index contributed by atoms with van der Waals surface area (Å²) < 4.78 is 5.12. The molecule has 0 fully saturated rings. The summed E-state index contributed by atoms with van der Waals surface area (Å²) in [4.78, 5) is 24.2. The normalized spacial score (nSPS) is 10.6. The number of amides is 1. The van der Waals surface area contributed by atoms with Crippen LogP contribution >= 0.6 is 0 Å². The van der Waals surface area contributed by atoms with E-state index in [-0.39, 0.29) is 12.5 Å². The smallest absolute Gasteiger partial charge is 0.338 e. The predicted molar refractivity (Wildman–Crippen MR) is 100 cm³/mol.